The Morgan fingerprint density at radius 3 is 1.29 bits per heavy atom. The van der Waals surface area contributed by atoms with E-state index in [4.69, 9.17) is 10.2 Å². The molecule has 0 bridgehead atoms. The minimum atomic E-state index is -0.711. The second-order valence-corrected chi connectivity index (χ2v) is 14.3. The van der Waals surface area contributed by atoms with Crippen LogP contribution in [0.1, 0.15) is 39.5 Å². The number of benzene rings is 2. The molecule has 2 N–H and O–H groups in total. The molecule has 6 heteroatoms. The summed E-state index contributed by atoms with van der Waals surface area (Å²) in [6.45, 7) is 8.22. The molecule has 0 heterocycles. The van der Waals surface area contributed by atoms with E-state index in [1.165, 1.54) is 21.5 Å². The van der Waals surface area contributed by atoms with Crippen molar-refractivity contribution in [2.45, 2.75) is 52.6 Å². The molecule has 0 saturated heterocycles. The Hall–Kier alpha value is -2.47. The van der Waals surface area contributed by atoms with E-state index < -0.39 is 11.9 Å². The van der Waals surface area contributed by atoms with Gasteiger partial charge in [0.2, 0.25) is 0 Å². The molecule has 4 aromatic carbocycles. The molecule has 0 spiro atoms. The summed E-state index contributed by atoms with van der Waals surface area (Å²) >= 11 is 2.27. The van der Waals surface area contributed by atoms with Gasteiger partial charge in [0.25, 0.3) is 0 Å². The Bertz CT molecular complexity index is 951. The van der Waals surface area contributed by atoms with Crippen LogP contribution in [0.2, 0.25) is 13.1 Å². The maximum absolute atomic E-state index is 9.60. The van der Waals surface area contributed by atoms with Crippen LogP contribution in [0, 0.1) is 0 Å². The fourth-order valence-electron chi connectivity index (χ4n) is 2.57. The molecule has 0 fully saturated rings. The first kappa shape index (κ1) is 31.5. The molecule has 0 unspecified atom stereocenters. The zero-order valence-electron chi connectivity index (χ0n) is 20.6. The first-order chi connectivity index (χ1) is 16.2. The summed E-state index contributed by atoms with van der Waals surface area (Å²) in [7, 11) is 0. The quantitative estimate of drug-likeness (QED) is 0.218. The summed E-state index contributed by atoms with van der Waals surface area (Å²) in [6, 6.07) is 29.3. The van der Waals surface area contributed by atoms with Crippen LogP contribution in [0.15, 0.2) is 84.9 Å². The van der Waals surface area contributed by atoms with Gasteiger partial charge >= 0.3 is 50.4 Å². The first-order valence-electron chi connectivity index (χ1n) is 11.4. The number of fused-ring (bicyclic) bond motifs is 2. The number of rotatable bonds is 4. The topological polar surface area (TPSA) is 74.6 Å². The van der Waals surface area contributed by atoms with Gasteiger partial charge in [0, 0.05) is 12.8 Å². The third-order valence-corrected chi connectivity index (χ3v) is 4.02. The van der Waals surface area contributed by atoms with Gasteiger partial charge < -0.3 is 10.2 Å². The Kier molecular flexibility index (Phi) is 18.5. The van der Waals surface area contributed by atoms with Crippen molar-refractivity contribution in [1.82, 2.24) is 0 Å². The van der Waals surface area contributed by atoms with Gasteiger partial charge in [-0.1, -0.05) is 26.0 Å². The van der Waals surface area contributed by atoms with Gasteiger partial charge in [-0.2, -0.15) is 35.0 Å². The number of aliphatic carboxylic acids is 2. The van der Waals surface area contributed by atoms with Crippen LogP contribution in [-0.2, 0) is 28.8 Å². The van der Waals surface area contributed by atoms with Gasteiger partial charge in [-0.3, -0.25) is 9.59 Å². The van der Waals surface area contributed by atoms with Crippen LogP contribution in [0.4, 0.5) is 0 Å². The predicted octanol–water partition coefficient (Wildman–Crippen LogP) is 7.64. The van der Waals surface area contributed by atoms with E-state index in [2.05, 4.69) is 117 Å². The number of carboxylic acid groups (broad SMARTS) is 2. The minimum absolute atomic E-state index is 0.120. The third-order valence-electron chi connectivity index (χ3n) is 4.02. The SMILES string of the molecule is CCCC(=O)O.CCCC(=O)O.C[Si](C)=[Ti+2].c1ccc2[cH-]ccc2c1.c1ccc2[cH-]ccc2c1. The van der Waals surface area contributed by atoms with E-state index >= 15 is 0 Å². The summed E-state index contributed by atoms with van der Waals surface area (Å²) < 4.78 is 0. The molecule has 0 aliphatic carbocycles. The molecule has 0 atom stereocenters. The summed E-state index contributed by atoms with van der Waals surface area (Å²) in [5.74, 6) is -1.42. The van der Waals surface area contributed by atoms with Gasteiger partial charge in [0.05, 0.1) is 0 Å². The van der Waals surface area contributed by atoms with E-state index in [0.717, 1.165) is 12.8 Å². The Morgan fingerprint density at radius 2 is 1.06 bits per heavy atom. The molecule has 34 heavy (non-hydrogen) atoms. The van der Waals surface area contributed by atoms with Crippen LogP contribution >= 0.6 is 0 Å². The second-order valence-electron chi connectivity index (χ2n) is 7.60. The van der Waals surface area contributed by atoms with Crippen LogP contribution in [0.3, 0.4) is 0 Å². The van der Waals surface area contributed by atoms with Crippen molar-refractivity contribution in [2.24, 2.45) is 0 Å². The number of hydrogen-bond donors (Lipinski definition) is 2. The fourth-order valence-corrected chi connectivity index (χ4v) is 2.57. The second kappa shape index (κ2) is 20.0. The molecule has 4 nitrogen and oxygen atoms in total. The van der Waals surface area contributed by atoms with Crippen LogP contribution in [0.5, 0.6) is 0 Å². The first-order valence-corrected chi connectivity index (χ1v) is 16.2. The zero-order valence-corrected chi connectivity index (χ0v) is 23.2. The summed E-state index contributed by atoms with van der Waals surface area (Å²) in [5, 5.41) is 21.2. The van der Waals surface area contributed by atoms with Crippen LogP contribution in [0.25, 0.3) is 21.5 Å². The average molecular weight is 513 g/mol. The number of carbonyl (C=O) groups is 2. The van der Waals surface area contributed by atoms with E-state index in [0.29, 0.717) is 12.8 Å². The zero-order chi connectivity index (χ0) is 25.8. The normalized spacial score (nSPS) is 9.12. The summed E-state index contributed by atoms with van der Waals surface area (Å²) in [6.07, 6.45) is 2.17. The van der Waals surface area contributed by atoms with Crippen molar-refractivity contribution < 1.29 is 39.0 Å². The maximum atomic E-state index is 9.60. The fraction of sp³-hybridized carbons (Fsp3) is 0.286. The van der Waals surface area contributed by atoms with E-state index in [9.17, 15) is 9.59 Å². The molecular weight excluding hydrogens is 476 g/mol. The van der Waals surface area contributed by atoms with Crippen LogP contribution in [-0.4, -0.2) is 28.3 Å². The largest absolute Gasteiger partial charge is 0.168 e. The van der Waals surface area contributed by atoms with Gasteiger partial charge in [-0.25, -0.2) is 0 Å². The Labute approximate surface area is 215 Å². The predicted molar refractivity (Wildman–Crippen MR) is 142 cm³/mol. The van der Waals surface area contributed by atoms with E-state index in [-0.39, 0.29) is 6.19 Å². The summed E-state index contributed by atoms with van der Waals surface area (Å²) in [4.78, 5) is 19.2. The van der Waals surface area contributed by atoms with Gasteiger partial charge in [0.1, 0.15) is 0 Å². The van der Waals surface area contributed by atoms with Gasteiger partial charge in [-0.15, -0.1) is 59.3 Å². The van der Waals surface area contributed by atoms with Crippen LogP contribution < -0.4 is 0 Å². The Balaban J connectivity index is 0.000000415. The maximum Gasteiger partial charge on any atom is -0.0809 e. The monoisotopic (exact) mass is 512 g/mol. The molecule has 180 valence electrons. The molecule has 0 aliphatic heterocycles. The standard InChI is InChI=1S/2C9H7.2C4H8O2.C2H6Si.Ti/c2*1-2-5-9-7-3-6-8(9)4-1;2*1-2-3-4(5)6;1-3-2;/h2*1-7H;2*2-3H2,1H3,(H,5,6);1-2H3;/q2*-1;;;;+2. The molecule has 0 aliphatic rings. The minimum Gasteiger partial charge on any atom is -0.168 e. The molecule has 0 radical (unpaired) electrons. The number of carboxylic acids is 2. The molecular formula is C28H36O4SiTi. The smallest absolute Gasteiger partial charge is 0.0809 e. The molecule has 0 amide bonds. The summed E-state index contributed by atoms with van der Waals surface area (Å²) in [5.41, 5.74) is 0. The van der Waals surface area contributed by atoms with Crippen molar-refractivity contribution in [1.29, 1.82) is 0 Å². The molecule has 0 aromatic heterocycles. The van der Waals surface area contributed by atoms with Crippen molar-refractivity contribution in [3.8, 4) is 0 Å². The molecule has 0 saturated carbocycles. The van der Waals surface area contributed by atoms with Gasteiger partial charge in [-0.05, 0) is 12.8 Å². The van der Waals surface area contributed by atoms with Crippen molar-refractivity contribution in [2.75, 3.05) is 0 Å². The van der Waals surface area contributed by atoms with Crippen molar-refractivity contribution in [3.05, 3.63) is 84.9 Å². The molecule has 4 rings (SSSR count). The number of hydrogen-bond acceptors (Lipinski definition) is 2. The third kappa shape index (κ3) is 17.1. The van der Waals surface area contributed by atoms with Gasteiger partial charge in [0.15, 0.2) is 0 Å². The molecule has 4 aromatic rings. The van der Waals surface area contributed by atoms with Crippen molar-refractivity contribution >= 4 is 39.7 Å². The Morgan fingerprint density at radius 1 is 0.735 bits per heavy atom. The van der Waals surface area contributed by atoms with E-state index in [1.54, 1.807) is 0 Å². The average Bonchev–Trinajstić information content (AvgIpc) is 3.44. The van der Waals surface area contributed by atoms with E-state index in [1.807, 2.05) is 13.8 Å². The van der Waals surface area contributed by atoms with Crippen molar-refractivity contribution in [3.63, 3.8) is 0 Å².